The third-order valence-electron chi connectivity index (χ3n) is 3.63. The van der Waals surface area contributed by atoms with Crippen molar-refractivity contribution in [2.75, 3.05) is 19.0 Å². The Labute approximate surface area is 120 Å². The fraction of sp³-hybridized carbons (Fsp3) is 0.857. The summed E-state index contributed by atoms with van der Waals surface area (Å²) in [6.45, 7) is 4.54. The lowest BCUT2D eigenvalue weighted by atomic mass is 9.89. The lowest BCUT2D eigenvalue weighted by Crippen LogP contribution is -2.43. The van der Waals surface area contributed by atoms with E-state index in [0.29, 0.717) is 13.1 Å². The molecule has 0 aromatic heterocycles. The van der Waals surface area contributed by atoms with E-state index >= 15 is 0 Å². The van der Waals surface area contributed by atoms with Crippen molar-refractivity contribution in [1.82, 2.24) is 10.6 Å². The van der Waals surface area contributed by atoms with Crippen molar-refractivity contribution in [2.45, 2.75) is 46.0 Å². The van der Waals surface area contributed by atoms with Gasteiger partial charge in [-0.1, -0.05) is 19.3 Å². The topological polar surface area (TPSA) is 58.2 Å². The van der Waals surface area contributed by atoms with Crippen LogP contribution in [0.5, 0.6) is 0 Å². The Bertz CT molecular complexity index is 313. The minimum Gasteiger partial charge on any atom is -0.354 e. The fourth-order valence-corrected chi connectivity index (χ4v) is 2.29. The van der Waals surface area contributed by atoms with Crippen LogP contribution in [-0.4, -0.2) is 30.8 Å². The molecule has 1 saturated carbocycles. The second-order valence-corrected chi connectivity index (χ2v) is 6.17. The first-order valence-corrected chi connectivity index (χ1v) is 7.63. The van der Waals surface area contributed by atoms with Crippen molar-refractivity contribution in [3.63, 3.8) is 0 Å². The molecule has 4 nitrogen and oxygen atoms in total. The van der Waals surface area contributed by atoms with E-state index in [4.69, 9.17) is 11.6 Å². The summed E-state index contributed by atoms with van der Waals surface area (Å²) in [5.41, 5.74) is -0.561. The highest BCUT2D eigenvalue weighted by molar-refractivity contribution is 6.19. The molecule has 1 aliphatic rings. The van der Waals surface area contributed by atoms with E-state index in [9.17, 15) is 9.59 Å². The normalized spacial score (nSPS) is 17.0. The second-order valence-electron chi connectivity index (χ2n) is 5.90. The van der Waals surface area contributed by atoms with E-state index in [-0.39, 0.29) is 23.6 Å². The van der Waals surface area contributed by atoms with Crippen LogP contribution < -0.4 is 10.6 Å². The van der Waals surface area contributed by atoms with Gasteiger partial charge in [0.25, 0.3) is 0 Å². The van der Waals surface area contributed by atoms with Crippen molar-refractivity contribution in [3.05, 3.63) is 0 Å². The minimum atomic E-state index is -0.561. The summed E-state index contributed by atoms with van der Waals surface area (Å²) in [6.07, 6.45) is 5.54. The van der Waals surface area contributed by atoms with Crippen molar-refractivity contribution < 1.29 is 9.59 Å². The number of alkyl halides is 1. The molecule has 0 spiro atoms. The fourth-order valence-electron chi connectivity index (χ4n) is 2.17. The summed E-state index contributed by atoms with van der Waals surface area (Å²) in [5, 5.41) is 5.68. The number of amides is 2. The molecule has 0 heterocycles. The maximum Gasteiger partial charge on any atom is 0.226 e. The van der Waals surface area contributed by atoms with Gasteiger partial charge in [-0.3, -0.25) is 9.59 Å². The average Bonchev–Trinajstić information content (AvgIpc) is 2.43. The van der Waals surface area contributed by atoms with Crippen molar-refractivity contribution in [3.8, 4) is 0 Å². The van der Waals surface area contributed by atoms with Crippen LogP contribution in [0, 0.1) is 11.3 Å². The number of hydrogen-bond donors (Lipinski definition) is 2. The van der Waals surface area contributed by atoms with E-state index < -0.39 is 5.41 Å². The van der Waals surface area contributed by atoms with Crippen LogP contribution in [0.15, 0.2) is 0 Å². The zero-order valence-electron chi connectivity index (χ0n) is 11.9. The number of hydrogen-bond acceptors (Lipinski definition) is 2. The number of halogens is 1. The number of nitrogens with one attached hydrogen (secondary N) is 2. The maximum absolute atomic E-state index is 11.9. The average molecular weight is 289 g/mol. The maximum atomic E-state index is 11.9. The molecule has 110 valence electrons. The van der Waals surface area contributed by atoms with Gasteiger partial charge in [0.1, 0.15) is 0 Å². The molecule has 1 fully saturated rings. The van der Waals surface area contributed by atoms with Gasteiger partial charge in [-0.15, -0.1) is 11.6 Å². The van der Waals surface area contributed by atoms with Crippen LogP contribution in [0.25, 0.3) is 0 Å². The van der Waals surface area contributed by atoms with Crippen molar-refractivity contribution >= 4 is 23.4 Å². The van der Waals surface area contributed by atoms with Crippen LogP contribution >= 0.6 is 11.6 Å². The first kappa shape index (κ1) is 16.3. The third kappa shape index (κ3) is 5.39. The molecule has 1 rings (SSSR count). The molecule has 0 saturated heterocycles. The summed E-state index contributed by atoms with van der Waals surface area (Å²) in [5.74, 6) is 0.511. The molecule has 0 unspecified atom stereocenters. The molecule has 2 amide bonds. The molecule has 19 heavy (non-hydrogen) atoms. The smallest absolute Gasteiger partial charge is 0.226 e. The standard InChI is InChI=1S/C14H25ClN2O2/c1-14(2,10-15)13(19)17-9-8-16-12(18)11-6-4-3-5-7-11/h11H,3-10H2,1-2H3,(H,16,18)(H,17,19). The number of rotatable bonds is 6. The Morgan fingerprint density at radius 2 is 1.68 bits per heavy atom. The molecule has 0 radical (unpaired) electrons. The van der Waals surface area contributed by atoms with Crippen LogP contribution in [0.4, 0.5) is 0 Å². The van der Waals surface area contributed by atoms with Crippen LogP contribution in [-0.2, 0) is 9.59 Å². The molecule has 5 heteroatoms. The Kier molecular flexibility index (Phi) is 6.63. The molecule has 1 aliphatic carbocycles. The lowest BCUT2D eigenvalue weighted by molar-refractivity contribution is -0.129. The summed E-state index contributed by atoms with van der Waals surface area (Å²) < 4.78 is 0. The minimum absolute atomic E-state index is 0.0746. The first-order chi connectivity index (χ1) is 8.97. The van der Waals surface area contributed by atoms with Gasteiger partial charge in [0, 0.05) is 24.9 Å². The van der Waals surface area contributed by atoms with E-state index in [1.807, 2.05) is 0 Å². The van der Waals surface area contributed by atoms with Gasteiger partial charge < -0.3 is 10.6 Å². The molecular formula is C14H25ClN2O2. The summed E-state index contributed by atoms with van der Waals surface area (Å²) in [7, 11) is 0. The van der Waals surface area contributed by atoms with Gasteiger partial charge in [-0.2, -0.15) is 0 Å². The van der Waals surface area contributed by atoms with Gasteiger partial charge >= 0.3 is 0 Å². The Balaban J connectivity index is 2.16. The van der Waals surface area contributed by atoms with Gasteiger partial charge in [0.05, 0.1) is 5.41 Å². The highest BCUT2D eigenvalue weighted by Gasteiger charge is 2.26. The van der Waals surface area contributed by atoms with Gasteiger partial charge in [0.15, 0.2) is 0 Å². The van der Waals surface area contributed by atoms with E-state index in [0.717, 1.165) is 25.7 Å². The molecule has 2 N–H and O–H groups in total. The van der Waals surface area contributed by atoms with Crippen molar-refractivity contribution in [1.29, 1.82) is 0 Å². The summed E-state index contributed by atoms with van der Waals surface area (Å²) >= 11 is 5.72. The Morgan fingerprint density at radius 3 is 2.26 bits per heavy atom. The second kappa shape index (κ2) is 7.73. The highest BCUT2D eigenvalue weighted by atomic mass is 35.5. The van der Waals surface area contributed by atoms with E-state index in [2.05, 4.69) is 10.6 Å². The Hall–Kier alpha value is -0.770. The van der Waals surface area contributed by atoms with E-state index in [1.165, 1.54) is 6.42 Å². The zero-order chi connectivity index (χ0) is 14.3. The van der Waals surface area contributed by atoms with Gasteiger partial charge in [-0.05, 0) is 26.7 Å². The quantitative estimate of drug-likeness (QED) is 0.581. The molecule has 0 bridgehead atoms. The van der Waals surface area contributed by atoms with Crippen LogP contribution in [0.2, 0.25) is 0 Å². The highest BCUT2D eigenvalue weighted by Crippen LogP contribution is 2.23. The van der Waals surface area contributed by atoms with Crippen LogP contribution in [0.3, 0.4) is 0 Å². The SMILES string of the molecule is CC(C)(CCl)C(=O)NCCNC(=O)C1CCCCC1. The zero-order valence-corrected chi connectivity index (χ0v) is 12.7. The number of carbonyl (C=O) groups excluding carboxylic acids is 2. The molecule has 0 aromatic rings. The predicted molar refractivity (Wildman–Crippen MR) is 77.1 cm³/mol. The molecule has 0 atom stereocenters. The molecule has 0 aliphatic heterocycles. The van der Waals surface area contributed by atoms with Crippen LogP contribution in [0.1, 0.15) is 46.0 Å². The van der Waals surface area contributed by atoms with E-state index in [1.54, 1.807) is 13.8 Å². The van der Waals surface area contributed by atoms with Crippen molar-refractivity contribution in [2.24, 2.45) is 11.3 Å². The third-order valence-corrected chi connectivity index (χ3v) is 4.30. The lowest BCUT2D eigenvalue weighted by Gasteiger charge is -2.22. The number of carbonyl (C=O) groups is 2. The first-order valence-electron chi connectivity index (χ1n) is 7.09. The predicted octanol–water partition coefficient (Wildman–Crippen LogP) is 2.06. The van der Waals surface area contributed by atoms with Gasteiger partial charge in [0.2, 0.25) is 11.8 Å². The molecular weight excluding hydrogens is 264 g/mol. The van der Waals surface area contributed by atoms with Gasteiger partial charge in [-0.25, -0.2) is 0 Å². The summed E-state index contributed by atoms with van der Waals surface area (Å²) in [4.78, 5) is 23.6. The monoisotopic (exact) mass is 288 g/mol. The molecule has 0 aromatic carbocycles. The Morgan fingerprint density at radius 1 is 1.11 bits per heavy atom. The summed E-state index contributed by atoms with van der Waals surface area (Å²) in [6, 6.07) is 0. The largest absolute Gasteiger partial charge is 0.354 e.